The lowest BCUT2D eigenvalue weighted by atomic mass is 10.2. The van der Waals surface area contributed by atoms with Crippen molar-refractivity contribution in [1.29, 1.82) is 0 Å². The predicted molar refractivity (Wildman–Crippen MR) is 77.8 cm³/mol. The van der Waals surface area contributed by atoms with Gasteiger partial charge in [0.15, 0.2) is 0 Å². The highest BCUT2D eigenvalue weighted by Crippen LogP contribution is 2.20. The molecule has 1 aromatic carbocycles. The van der Waals surface area contributed by atoms with Crippen LogP contribution in [-0.2, 0) is 9.53 Å². The van der Waals surface area contributed by atoms with Gasteiger partial charge in [-0.3, -0.25) is 4.79 Å². The van der Waals surface area contributed by atoms with Gasteiger partial charge in [0.2, 0.25) is 0 Å². The van der Waals surface area contributed by atoms with Crippen molar-refractivity contribution in [2.75, 3.05) is 50.8 Å². The van der Waals surface area contributed by atoms with Crippen molar-refractivity contribution >= 4 is 11.6 Å². The van der Waals surface area contributed by atoms with Crippen LogP contribution in [0.4, 0.5) is 10.1 Å². The van der Waals surface area contributed by atoms with Gasteiger partial charge in [0.25, 0.3) is 5.91 Å². The molecule has 1 amide bonds. The van der Waals surface area contributed by atoms with Gasteiger partial charge in [-0.1, -0.05) is 12.1 Å². The number of nitrogens with zero attached hydrogens (tertiary/aromatic N) is 2. The van der Waals surface area contributed by atoms with Gasteiger partial charge in [-0.15, -0.1) is 0 Å². The molecule has 0 saturated carbocycles. The minimum Gasteiger partial charge on any atom is -0.366 e. The number of carbonyl (C=O) groups excluding carboxylic acids is 1. The van der Waals surface area contributed by atoms with Crippen molar-refractivity contribution < 1.29 is 13.9 Å². The molecule has 0 bridgehead atoms. The Kier molecular flexibility index (Phi) is 4.36. The molecule has 114 valence electrons. The average molecular weight is 293 g/mol. The van der Waals surface area contributed by atoms with E-state index in [-0.39, 0.29) is 17.8 Å². The number of rotatable bonds is 2. The second-order valence-electron chi connectivity index (χ2n) is 5.33. The molecule has 2 aliphatic rings. The molecule has 0 aliphatic carbocycles. The number of amides is 1. The van der Waals surface area contributed by atoms with Gasteiger partial charge in [-0.25, -0.2) is 4.39 Å². The lowest BCUT2D eigenvalue weighted by Crippen LogP contribution is -2.55. The molecule has 5 nitrogen and oxygen atoms in total. The molecule has 2 heterocycles. The molecule has 21 heavy (non-hydrogen) atoms. The molecule has 0 unspecified atom stereocenters. The molecule has 6 heteroatoms. The molecule has 1 aromatic rings. The molecule has 2 saturated heterocycles. The average Bonchev–Trinajstić information content (AvgIpc) is 2.56. The van der Waals surface area contributed by atoms with E-state index in [4.69, 9.17) is 4.74 Å². The van der Waals surface area contributed by atoms with Crippen LogP contribution in [0.5, 0.6) is 0 Å². The summed E-state index contributed by atoms with van der Waals surface area (Å²) < 4.78 is 19.3. The van der Waals surface area contributed by atoms with Crippen LogP contribution in [0.3, 0.4) is 0 Å². The normalized spacial score (nSPS) is 23.2. The number of hydrogen-bond acceptors (Lipinski definition) is 4. The largest absolute Gasteiger partial charge is 0.366 e. The Hall–Kier alpha value is -1.66. The fourth-order valence-corrected chi connectivity index (χ4v) is 2.80. The molecule has 0 spiro atoms. The smallest absolute Gasteiger partial charge is 0.253 e. The van der Waals surface area contributed by atoms with E-state index in [1.54, 1.807) is 12.1 Å². The maximum atomic E-state index is 13.8. The van der Waals surface area contributed by atoms with Crippen LogP contribution in [0.25, 0.3) is 0 Å². The van der Waals surface area contributed by atoms with E-state index < -0.39 is 0 Å². The highest BCUT2D eigenvalue weighted by Gasteiger charge is 2.29. The molecule has 1 atom stereocenters. The van der Waals surface area contributed by atoms with Crippen LogP contribution in [0.15, 0.2) is 24.3 Å². The quantitative estimate of drug-likeness (QED) is 0.860. The molecule has 1 N–H and O–H groups in total. The summed E-state index contributed by atoms with van der Waals surface area (Å²) in [6.07, 6.45) is -0.376. The Labute approximate surface area is 123 Å². The fourth-order valence-electron chi connectivity index (χ4n) is 2.80. The lowest BCUT2D eigenvalue weighted by Gasteiger charge is -2.38. The second-order valence-corrected chi connectivity index (χ2v) is 5.33. The molecule has 2 aliphatic heterocycles. The van der Waals surface area contributed by atoms with Crippen LogP contribution in [0.2, 0.25) is 0 Å². The Bertz CT molecular complexity index is 497. The number of para-hydroxylation sites is 1. The van der Waals surface area contributed by atoms with E-state index in [1.165, 1.54) is 6.07 Å². The zero-order chi connectivity index (χ0) is 14.7. The highest BCUT2D eigenvalue weighted by molar-refractivity contribution is 5.81. The number of benzene rings is 1. The Balaban J connectivity index is 1.57. The van der Waals surface area contributed by atoms with Gasteiger partial charge in [-0.05, 0) is 12.1 Å². The number of carbonyl (C=O) groups is 1. The van der Waals surface area contributed by atoms with Crippen molar-refractivity contribution in [1.82, 2.24) is 10.2 Å². The summed E-state index contributed by atoms with van der Waals surface area (Å²) >= 11 is 0. The predicted octanol–water partition coefficient (Wildman–Crippen LogP) is 0.463. The third-order valence-electron chi connectivity index (χ3n) is 3.99. The summed E-state index contributed by atoms with van der Waals surface area (Å²) in [7, 11) is 0. The van der Waals surface area contributed by atoms with E-state index in [0.29, 0.717) is 45.0 Å². The SMILES string of the molecule is O=C([C@@H]1CNCCO1)N1CCN(c2ccccc2F)CC1. The van der Waals surface area contributed by atoms with Gasteiger partial charge in [0.1, 0.15) is 11.9 Å². The molecular formula is C15H20FN3O2. The van der Waals surface area contributed by atoms with Gasteiger partial charge >= 0.3 is 0 Å². The summed E-state index contributed by atoms with van der Waals surface area (Å²) in [6, 6.07) is 6.76. The highest BCUT2D eigenvalue weighted by atomic mass is 19.1. The van der Waals surface area contributed by atoms with Crippen molar-refractivity contribution in [3.05, 3.63) is 30.1 Å². The van der Waals surface area contributed by atoms with Crippen molar-refractivity contribution in [2.24, 2.45) is 0 Å². The summed E-state index contributed by atoms with van der Waals surface area (Å²) in [5.41, 5.74) is 0.611. The minimum atomic E-state index is -0.376. The van der Waals surface area contributed by atoms with Crippen LogP contribution in [0.1, 0.15) is 0 Å². The first-order valence-electron chi connectivity index (χ1n) is 7.36. The summed E-state index contributed by atoms with van der Waals surface area (Å²) in [6.45, 7) is 4.45. The Morgan fingerprint density at radius 3 is 2.67 bits per heavy atom. The van der Waals surface area contributed by atoms with Gasteiger partial charge in [-0.2, -0.15) is 0 Å². The van der Waals surface area contributed by atoms with Crippen molar-refractivity contribution in [3.8, 4) is 0 Å². The second kappa shape index (κ2) is 6.41. The van der Waals surface area contributed by atoms with E-state index in [0.717, 1.165) is 6.54 Å². The monoisotopic (exact) mass is 293 g/mol. The minimum absolute atomic E-state index is 0.0374. The molecule has 3 rings (SSSR count). The Morgan fingerprint density at radius 1 is 1.24 bits per heavy atom. The van der Waals surface area contributed by atoms with Crippen molar-refractivity contribution in [3.63, 3.8) is 0 Å². The fraction of sp³-hybridized carbons (Fsp3) is 0.533. The number of halogens is 1. The Morgan fingerprint density at radius 2 is 2.00 bits per heavy atom. The third-order valence-corrected chi connectivity index (χ3v) is 3.99. The molecular weight excluding hydrogens is 273 g/mol. The van der Waals surface area contributed by atoms with Crippen LogP contribution in [0, 0.1) is 5.82 Å². The number of morpholine rings is 1. The summed E-state index contributed by atoms with van der Waals surface area (Å²) in [4.78, 5) is 16.1. The van der Waals surface area contributed by atoms with Gasteiger partial charge < -0.3 is 19.9 Å². The maximum Gasteiger partial charge on any atom is 0.253 e. The molecule has 2 fully saturated rings. The summed E-state index contributed by atoms with van der Waals surface area (Å²) in [5.74, 6) is -0.174. The van der Waals surface area contributed by atoms with Crippen LogP contribution in [-0.4, -0.2) is 62.8 Å². The third kappa shape index (κ3) is 3.16. The standard InChI is InChI=1S/C15H20FN3O2/c16-12-3-1-2-4-13(12)18-6-8-19(9-7-18)15(20)14-11-17-5-10-21-14/h1-4,14,17H,5-11H2/t14-/m0/s1. The van der Waals surface area contributed by atoms with Crippen molar-refractivity contribution in [2.45, 2.75) is 6.10 Å². The van der Waals surface area contributed by atoms with E-state index in [1.807, 2.05) is 15.9 Å². The first-order valence-corrected chi connectivity index (χ1v) is 7.36. The number of hydrogen-bond donors (Lipinski definition) is 1. The first-order chi connectivity index (χ1) is 10.3. The lowest BCUT2D eigenvalue weighted by molar-refractivity contribution is -0.145. The number of ether oxygens (including phenoxy) is 1. The van der Waals surface area contributed by atoms with Crippen LogP contribution < -0.4 is 10.2 Å². The molecule has 0 aromatic heterocycles. The van der Waals surface area contributed by atoms with E-state index in [2.05, 4.69) is 5.32 Å². The molecule has 0 radical (unpaired) electrons. The first kappa shape index (κ1) is 14.3. The van der Waals surface area contributed by atoms with Gasteiger partial charge in [0, 0.05) is 39.3 Å². The maximum absolute atomic E-state index is 13.8. The van der Waals surface area contributed by atoms with Crippen LogP contribution >= 0.6 is 0 Å². The summed E-state index contributed by atoms with van der Waals surface area (Å²) in [5, 5.41) is 3.16. The van der Waals surface area contributed by atoms with E-state index >= 15 is 0 Å². The van der Waals surface area contributed by atoms with E-state index in [9.17, 15) is 9.18 Å². The number of anilines is 1. The number of piperazine rings is 1. The zero-order valence-corrected chi connectivity index (χ0v) is 11.9. The zero-order valence-electron chi connectivity index (χ0n) is 11.9. The topological polar surface area (TPSA) is 44.8 Å². The number of nitrogens with one attached hydrogen (secondary N) is 1. The van der Waals surface area contributed by atoms with Gasteiger partial charge in [0.05, 0.1) is 12.3 Å².